The van der Waals surface area contributed by atoms with Crippen LogP contribution >= 0.6 is 0 Å². The van der Waals surface area contributed by atoms with Crippen molar-refractivity contribution in [3.05, 3.63) is 70.5 Å². The van der Waals surface area contributed by atoms with Gasteiger partial charge in [0.1, 0.15) is 23.7 Å². The Morgan fingerprint density at radius 3 is 2.60 bits per heavy atom. The van der Waals surface area contributed by atoms with E-state index >= 15 is 0 Å². The van der Waals surface area contributed by atoms with Gasteiger partial charge in [0.25, 0.3) is 0 Å². The highest BCUT2D eigenvalue weighted by Crippen LogP contribution is 2.46. The van der Waals surface area contributed by atoms with Crippen molar-refractivity contribution >= 4 is 44.9 Å². The molecule has 0 atom stereocenters. The molecule has 3 heterocycles. The molecule has 0 aliphatic heterocycles. The minimum absolute atomic E-state index is 0.950. The van der Waals surface area contributed by atoms with E-state index in [0.717, 1.165) is 28.4 Å². The van der Waals surface area contributed by atoms with Gasteiger partial charge >= 0.3 is 0 Å². The number of furan rings is 3. The molecule has 3 aromatic heterocycles. The molecular weight excluding hydrogens is 308 g/mol. The molecule has 0 saturated carbocycles. The molecule has 116 valence electrons. The summed E-state index contributed by atoms with van der Waals surface area (Å²) in [7, 11) is 0. The van der Waals surface area contributed by atoms with Gasteiger partial charge in [-0.2, -0.15) is 0 Å². The van der Waals surface area contributed by atoms with Crippen molar-refractivity contribution in [2.75, 3.05) is 0 Å². The standard InChI is InChI=1S/C23H12O2/c1-2-4-13-12(3-1)5-6-15-14(13)7-8-16-17(15)9-18-21(16)23-20-11-24-10-19(20)22(18)25-23/h1-2,4-11H,3H2. The van der Waals surface area contributed by atoms with Crippen molar-refractivity contribution in [2.45, 2.75) is 6.42 Å². The molecule has 0 N–H and O–H groups in total. The molecule has 2 aromatic carbocycles. The minimum Gasteiger partial charge on any atom is -0.471 e. The Labute approximate surface area is 142 Å². The van der Waals surface area contributed by atoms with Crippen LogP contribution < -0.4 is 10.4 Å². The van der Waals surface area contributed by atoms with Gasteiger partial charge in [0.05, 0.1) is 10.8 Å². The highest BCUT2D eigenvalue weighted by molar-refractivity contribution is 6.19. The van der Waals surface area contributed by atoms with E-state index in [1.54, 1.807) is 12.5 Å². The van der Waals surface area contributed by atoms with Gasteiger partial charge in [-0.15, -0.1) is 0 Å². The van der Waals surface area contributed by atoms with Crippen molar-refractivity contribution in [3.63, 3.8) is 0 Å². The van der Waals surface area contributed by atoms with E-state index in [1.807, 2.05) is 0 Å². The summed E-state index contributed by atoms with van der Waals surface area (Å²) in [4.78, 5) is 0. The zero-order chi connectivity index (χ0) is 16.1. The number of benzene rings is 3. The molecule has 0 fully saturated rings. The Hall–Kier alpha value is -3.26. The predicted molar refractivity (Wildman–Crippen MR) is 100 cm³/mol. The fourth-order valence-corrected chi connectivity index (χ4v) is 4.64. The molecule has 2 aliphatic rings. The van der Waals surface area contributed by atoms with E-state index in [1.165, 1.54) is 43.5 Å². The van der Waals surface area contributed by atoms with Crippen molar-refractivity contribution < 1.29 is 8.83 Å². The third-order valence-corrected chi connectivity index (χ3v) is 5.77. The molecule has 0 saturated heterocycles. The topological polar surface area (TPSA) is 26.3 Å². The summed E-state index contributed by atoms with van der Waals surface area (Å²) >= 11 is 0. The SMILES string of the molecule is C1=CCc2ccc3c4c(ccc3c2=C1)-c1c(c2oc1c1cocc21)C=4. The molecule has 25 heavy (non-hydrogen) atoms. The summed E-state index contributed by atoms with van der Waals surface area (Å²) in [5, 5.41) is 7.49. The number of hydrogen-bond donors (Lipinski definition) is 0. The quantitative estimate of drug-likeness (QED) is 0.413. The maximum absolute atomic E-state index is 6.06. The third-order valence-electron chi connectivity index (χ3n) is 5.77. The summed E-state index contributed by atoms with van der Waals surface area (Å²) in [6.45, 7) is 0. The summed E-state index contributed by atoms with van der Waals surface area (Å²) in [5.41, 5.74) is 7.00. The monoisotopic (exact) mass is 320 g/mol. The molecule has 2 heteroatoms. The number of allylic oxidation sites excluding steroid dienone is 2. The first-order valence-electron chi connectivity index (χ1n) is 8.57. The summed E-state index contributed by atoms with van der Waals surface area (Å²) in [5.74, 6) is 0. The van der Waals surface area contributed by atoms with Gasteiger partial charge in [0, 0.05) is 11.1 Å². The maximum atomic E-state index is 6.06. The normalized spacial score (nSPS) is 14.7. The van der Waals surface area contributed by atoms with Gasteiger partial charge in [-0.1, -0.05) is 42.5 Å². The van der Waals surface area contributed by atoms with Crippen molar-refractivity contribution in [2.24, 2.45) is 0 Å². The molecule has 7 rings (SSSR count). The second kappa shape index (κ2) is 3.86. The Balaban J connectivity index is 1.67. The van der Waals surface area contributed by atoms with E-state index in [-0.39, 0.29) is 0 Å². The van der Waals surface area contributed by atoms with Crippen LogP contribution in [0.5, 0.6) is 0 Å². The van der Waals surface area contributed by atoms with E-state index in [0.29, 0.717) is 0 Å². The van der Waals surface area contributed by atoms with E-state index < -0.39 is 0 Å². The van der Waals surface area contributed by atoms with E-state index in [4.69, 9.17) is 8.83 Å². The largest absolute Gasteiger partial charge is 0.471 e. The lowest BCUT2D eigenvalue weighted by atomic mass is 9.95. The first kappa shape index (κ1) is 12.2. The molecule has 2 aliphatic carbocycles. The fourth-order valence-electron chi connectivity index (χ4n) is 4.64. The second-order valence-corrected chi connectivity index (χ2v) is 6.95. The summed E-state index contributed by atoms with van der Waals surface area (Å²) in [6.07, 6.45) is 13.5. The van der Waals surface area contributed by atoms with E-state index in [9.17, 15) is 0 Å². The number of fused-ring (bicyclic) bond motifs is 14. The zero-order valence-corrected chi connectivity index (χ0v) is 13.3. The highest BCUT2D eigenvalue weighted by atomic mass is 16.3. The van der Waals surface area contributed by atoms with Crippen LogP contribution in [0.3, 0.4) is 0 Å². The van der Waals surface area contributed by atoms with Crippen molar-refractivity contribution in [3.8, 4) is 11.1 Å². The molecule has 2 bridgehead atoms. The van der Waals surface area contributed by atoms with Crippen molar-refractivity contribution in [1.29, 1.82) is 0 Å². The van der Waals surface area contributed by atoms with Crippen LogP contribution in [-0.4, -0.2) is 0 Å². The number of hydrogen-bond acceptors (Lipinski definition) is 2. The predicted octanol–water partition coefficient (Wildman–Crippen LogP) is 4.47. The van der Waals surface area contributed by atoms with E-state index in [2.05, 4.69) is 48.6 Å². The first-order valence-corrected chi connectivity index (χ1v) is 8.57. The lowest BCUT2D eigenvalue weighted by Gasteiger charge is -2.09. The minimum atomic E-state index is 0.950. The summed E-state index contributed by atoms with van der Waals surface area (Å²) < 4.78 is 11.4. The molecule has 2 nitrogen and oxygen atoms in total. The average Bonchev–Trinajstić information content (AvgIpc) is 3.38. The Morgan fingerprint density at radius 2 is 1.64 bits per heavy atom. The second-order valence-electron chi connectivity index (χ2n) is 6.95. The maximum Gasteiger partial charge on any atom is 0.147 e. The molecule has 0 spiro atoms. The number of rotatable bonds is 0. The van der Waals surface area contributed by atoms with Gasteiger partial charge in [0.15, 0.2) is 0 Å². The van der Waals surface area contributed by atoms with Crippen LogP contribution in [0.4, 0.5) is 0 Å². The summed E-state index contributed by atoms with van der Waals surface area (Å²) in [6, 6.07) is 9.06. The molecule has 0 unspecified atom stereocenters. The van der Waals surface area contributed by atoms with Crippen LogP contribution in [0.2, 0.25) is 0 Å². The molecule has 0 amide bonds. The van der Waals surface area contributed by atoms with Gasteiger partial charge in [-0.25, -0.2) is 0 Å². The smallest absolute Gasteiger partial charge is 0.147 e. The fraction of sp³-hybridized carbons (Fsp3) is 0.0435. The van der Waals surface area contributed by atoms with Crippen LogP contribution in [0.1, 0.15) is 11.1 Å². The molecule has 0 radical (unpaired) electrons. The van der Waals surface area contributed by atoms with Crippen LogP contribution in [-0.2, 0) is 6.42 Å². The van der Waals surface area contributed by atoms with Gasteiger partial charge in [0.2, 0.25) is 0 Å². The lowest BCUT2D eigenvalue weighted by Crippen LogP contribution is -2.15. The van der Waals surface area contributed by atoms with Crippen LogP contribution in [0.25, 0.3) is 56.0 Å². The van der Waals surface area contributed by atoms with Gasteiger partial charge in [-0.3, -0.25) is 0 Å². The lowest BCUT2D eigenvalue weighted by molar-refractivity contribution is 0.570. The van der Waals surface area contributed by atoms with Gasteiger partial charge < -0.3 is 8.83 Å². The Kier molecular flexibility index (Phi) is 1.88. The first-order chi connectivity index (χ1) is 12.4. The van der Waals surface area contributed by atoms with Crippen molar-refractivity contribution in [1.82, 2.24) is 0 Å². The molecular formula is C23H12O2. The Morgan fingerprint density at radius 1 is 0.800 bits per heavy atom. The average molecular weight is 320 g/mol. The highest BCUT2D eigenvalue weighted by Gasteiger charge is 2.28. The zero-order valence-electron chi connectivity index (χ0n) is 13.3. The molecule has 5 aromatic rings. The van der Waals surface area contributed by atoms with Gasteiger partial charge in [-0.05, 0) is 44.8 Å². The third kappa shape index (κ3) is 1.27. The Bertz CT molecular complexity index is 1510. The van der Waals surface area contributed by atoms with Crippen LogP contribution in [0, 0.1) is 0 Å². The van der Waals surface area contributed by atoms with Crippen LogP contribution in [0.15, 0.2) is 57.8 Å².